The lowest BCUT2D eigenvalue weighted by Crippen LogP contribution is -2.47. The summed E-state index contributed by atoms with van der Waals surface area (Å²) in [6, 6.07) is 0.306. The maximum absolute atomic E-state index is 8.85. The van der Waals surface area contributed by atoms with E-state index in [-0.39, 0.29) is 30.6 Å². The van der Waals surface area contributed by atoms with Gasteiger partial charge in [-0.3, -0.25) is 4.99 Å². The Kier molecular flexibility index (Phi) is 7.36. The van der Waals surface area contributed by atoms with Crippen LogP contribution in [-0.2, 0) is 13.0 Å². The Morgan fingerprint density at radius 3 is 2.86 bits per heavy atom. The molecule has 7 nitrogen and oxygen atoms in total. The fourth-order valence-electron chi connectivity index (χ4n) is 2.46. The Hall–Kier alpha value is -0.900. The number of hydrogen-bond acceptors (Lipinski definition) is 4. The van der Waals surface area contributed by atoms with Crippen LogP contribution in [0.3, 0.4) is 0 Å². The van der Waals surface area contributed by atoms with E-state index in [0.29, 0.717) is 18.5 Å². The number of guanidine groups is 1. The smallest absolute Gasteiger partial charge is 0.191 e. The lowest BCUT2D eigenvalue weighted by Gasteiger charge is -2.27. The Morgan fingerprint density at radius 2 is 2.24 bits per heavy atom. The highest BCUT2D eigenvalue weighted by Crippen LogP contribution is 2.19. The first kappa shape index (κ1) is 18.1. The largest absolute Gasteiger partial charge is 0.395 e. The quantitative estimate of drug-likeness (QED) is 0.384. The molecule has 3 N–H and O–H groups in total. The van der Waals surface area contributed by atoms with Crippen LogP contribution >= 0.6 is 24.0 Å². The lowest BCUT2D eigenvalue weighted by molar-refractivity contribution is 0.299. The van der Waals surface area contributed by atoms with E-state index < -0.39 is 0 Å². The molecule has 1 aromatic rings. The van der Waals surface area contributed by atoms with Crippen LogP contribution in [0, 0.1) is 0 Å². The zero-order valence-corrected chi connectivity index (χ0v) is 15.2. The number of aliphatic hydroxyl groups excluding tert-OH is 1. The molecule has 1 unspecified atom stereocenters. The van der Waals surface area contributed by atoms with E-state index in [9.17, 15) is 0 Å². The maximum Gasteiger partial charge on any atom is 0.191 e. The second kappa shape index (κ2) is 8.52. The number of aliphatic imine (C=N–C) groups is 1. The third-order valence-electron chi connectivity index (χ3n) is 3.46. The van der Waals surface area contributed by atoms with Crippen LogP contribution in [-0.4, -0.2) is 52.1 Å². The summed E-state index contributed by atoms with van der Waals surface area (Å²) in [6.45, 7) is 5.72. The van der Waals surface area contributed by atoms with Crippen LogP contribution in [0.15, 0.2) is 4.99 Å². The Labute approximate surface area is 142 Å². The van der Waals surface area contributed by atoms with Crippen LogP contribution in [0.5, 0.6) is 0 Å². The van der Waals surface area contributed by atoms with Gasteiger partial charge in [-0.1, -0.05) is 13.8 Å². The Morgan fingerprint density at radius 1 is 1.48 bits per heavy atom. The summed E-state index contributed by atoms with van der Waals surface area (Å²) in [6.07, 6.45) is 1.93. The van der Waals surface area contributed by atoms with E-state index in [1.54, 1.807) is 7.05 Å². The van der Waals surface area contributed by atoms with Crippen LogP contribution < -0.4 is 10.6 Å². The molecule has 8 heteroatoms. The molecule has 1 aliphatic heterocycles. The average Bonchev–Trinajstić information content (AvgIpc) is 2.86. The molecule has 0 spiro atoms. The van der Waals surface area contributed by atoms with Gasteiger partial charge in [0, 0.05) is 38.5 Å². The van der Waals surface area contributed by atoms with Crippen molar-refractivity contribution in [2.45, 2.75) is 45.2 Å². The number of hydrogen-bond donors (Lipinski definition) is 3. The average molecular weight is 408 g/mol. The standard InChI is InChI=1S/C13H24N6O.HI/c1-9(2)12-18-17-11-5-4-10(8-19(11)12)16-13(14-3)15-6-7-20;/h9-10,20H,4-8H2,1-3H3,(H2,14,15,16);1H. The van der Waals surface area contributed by atoms with Gasteiger partial charge in [0.05, 0.1) is 6.61 Å². The van der Waals surface area contributed by atoms with Crippen LogP contribution in [0.4, 0.5) is 0 Å². The van der Waals surface area contributed by atoms with Gasteiger partial charge in [0.1, 0.15) is 11.6 Å². The number of nitrogens with zero attached hydrogens (tertiary/aromatic N) is 4. The number of aryl methyl sites for hydroxylation is 1. The van der Waals surface area contributed by atoms with Gasteiger partial charge in [0.2, 0.25) is 0 Å². The predicted molar refractivity (Wildman–Crippen MR) is 93.2 cm³/mol. The van der Waals surface area contributed by atoms with Gasteiger partial charge in [-0.25, -0.2) is 0 Å². The number of nitrogens with one attached hydrogen (secondary N) is 2. The molecule has 0 bridgehead atoms. The topological polar surface area (TPSA) is 87.4 Å². The molecule has 1 aromatic heterocycles. The molecule has 0 radical (unpaired) electrons. The van der Waals surface area contributed by atoms with E-state index in [0.717, 1.165) is 37.0 Å². The number of rotatable bonds is 4. The number of aromatic nitrogens is 3. The second-order valence-corrected chi connectivity index (χ2v) is 5.34. The fourth-order valence-corrected chi connectivity index (χ4v) is 2.46. The van der Waals surface area contributed by atoms with Crippen molar-refractivity contribution < 1.29 is 5.11 Å². The first-order chi connectivity index (χ1) is 9.65. The first-order valence-electron chi connectivity index (χ1n) is 7.15. The normalized spacial score (nSPS) is 18.1. The van der Waals surface area contributed by atoms with E-state index >= 15 is 0 Å². The van der Waals surface area contributed by atoms with Gasteiger partial charge >= 0.3 is 0 Å². The molecule has 2 rings (SSSR count). The zero-order chi connectivity index (χ0) is 14.5. The van der Waals surface area contributed by atoms with Crippen molar-refractivity contribution in [2.24, 2.45) is 4.99 Å². The molecule has 0 saturated carbocycles. The fraction of sp³-hybridized carbons (Fsp3) is 0.769. The SMILES string of the molecule is CN=C(NCCO)NC1CCc2nnc(C(C)C)n2C1.I. The molecule has 0 aliphatic carbocycles. The molecular weight excluding hydrogens is 383 g/mol. The number of fused-ring (bicyclic) bond motifs is 1. The Balaban J connectivity index is 0.00000220. The van der Waals surface area contributed by atoms with E-state index in [4.69, 9.17) is 5.11 Å². The minimum atomic E-state index is 0. The minimum absolute atomic E-state index is 0. The van der Waals surface area contributed by atoms with Crippen molar-refractivity contribution in [1.29, 1.82) is 0 Å². The van der Waals surface area contributed by atoms with Crippen molar-refractivity contribution in [1.82, 2.24) is 25.4 Å². The highest BCUT2D eigenvalue weighted by Gasteiger charge is 2.24. The summed E-state index contributed by atoms with van der Waals surface area (Å²) in [5.41, 5.74) is 0. The predicted octanol–water partition coefficient (Wildman–Crippen LogP) is 0.492. The Bertz CT molecular complexity index is 473. The summed E-state index contributed by atoms with van der Waals surface area (Å²) < 4.78 is 2.21. The van der Waals surface area contributed by atoms with Gasteiger partial charge in [0.25, 0.3) is 0 Å². The van der Waals surface area contributed by atoms with Crippen LogP contribution in [0.2, 0.25) is 0 Å². The monoisotopic (exact) mass is 408 g/mol. The van der Waals surface area contributed by atoms with Gasteiger partial charge < -0.3 is 20.3 Å². The highest BCUT2D eigenvalue weighted by atomic mass is 127. The molecule has 0 amide bonds. The highest BCUT2D eigenvalue weighted by molar-refractivity contribution is 14.0. The molecule has 1 aliphatic rings. The van der Waals surface area contributed by atoms with Crippen molar-refractivity contribution in [3.8, 4) is 0 Å². The molecule has 120 valence electrons. The van der Waals surface area contributed by atoms with Crippen molar-refractivity contribution in [3.63, 3.8) is 0 Å². The van der Waals surface area contributed by atoms with E-state index in [2.05, 4.69) is 44.2 Å². The first-order valence-corrected chi connectivity index (χ1v) is 7.15. The molecule has 21 heavy (non-hydrogen) atoms. The van der Waals surface area contributed by atoms with E-state index in [1.807, 2.05) is 0 Å². The van der Waals surface area contributed by atoms with Gasteiger partial charge in [-0.15, -0.1) is 34.2 Å². The lowest BCUT2D eigenvalue weighted by atomic mass is 10.1. The zero-order valence-electron chi connectivity index (χ0n) is 12.8. The summed E-state index contributed by atoms with van der Waals surface area (Å²) >= 11 is 0. The second-order valence-electron chi connectivity index (χ2n) is 5.34. The van der Waals surface area contributed by atoms with Gasteiger partial charge in [0.15, 0.2) is 5.96 Å². The molecule has 1 atom stereocenters. The molecule has 0 fully saturated rings. The molecule has 0 saturated heterocycles. The van der Waals surface area contributed by atoms with Crippen molar-refractivity contribution in [3.05, 3.63) is 11.6 Å². The summed E-state index contributed by atoms with van der Waals surface area (Å²) in [5, 5.41) is 23.9. The van der Waals surface area contributed by atoms with Gasteiger partial charge in [-0.2, -0.15) is 0 Å². The third kappa shape index (κ3) is 4.53. The minimum Gasteiger partial charge on any atom is -0.395 e. The molecule has 0 aromatic carbocycles. The van der Waals surface area contributed by atoms with Crippen molar-refractivity contribution >= 4 is 29.9 Å². The molecular formula is C13H25IN6O. The van der Waals surface area contributed by atoms with Crippen molar-refractivity contribution in [2.75, 3.05) is 20.2 Å². The van der Waals surface area contributed by atoms with E-state index in [1.165, 1.54) is 0 Å². The maximum atomic E-state index is 8.85. The molecule has 2 heterocycles. The third-order valence-corrected chi connectivity index (χ3v) is 3.46. The number of halogens is 1. The van der Waals surface area contributed by atoms with Crippen LogP contribution in [0.1, 0.15) is 37.8 Å². The van der Waals surface area contributed by atoms with Gasteiger partial charge in [-0.05, 0) is 6.42 Å². The summed E-state index contributed by atoms with van der Waals surface area (Å²) in [5.74, 6) is 3.23. The van der Waals surface area contributed by atoms with Crippen LogP contribution in [0.25, 0.3) is 0 Å². The number of aliphatic hydroxyl groups is 1. The summed E-state index contributed by atoms with van der Waals surface area (Å²) in [4.78, 5) is 4.16. The summed E-state index contributed by atoms with van der Waals surface area (Å²) in [7, 11) is 1.74.